The van der Waals surface area contributed by atoms with Gasteiger partial charge >= 0.3 is 0 Å². The lowest BCUT2D eigenvalue weighted by Gasteiger charge is -2.37. The second kappa shape index (κ2) is 10.3. The van der Waals surface area contributed by atoms with Crippen molar-refractivity contribution in [1.82, 2.24) is 5.32 Å². The van der Waals surface area contributed by atoms with Gasteiger partial charge in [0.15, 0.2) is 0 Å². The average Bonchev–Trinajstić information content (AvgIpc) is 3.19. The van der Waals surface area contributed by atoms with Crippen LogP contribution in [0, 0.1) is 5.92 Å². The largest absolute Gasteiger partial charge is 0.496 e. The number of benzene rings is 2. The van der Waals surface area contributed by atoms with E-state index in [0.29, 0.717) is 13.0 Å². The van der Waals surface area contributed by atoms with Gasteiger partial charge in [-0.1, -0.05) is 24.6 Å². The van der Waals surface area contributed by atoms with Crippen LogP contribution >= 0.6 is 0 Å². The summed E-state index contributed by atoms with van der Waals surface area (Å²) in [7, 11) is 1.60. The second-order valence-electron chi connectivity index (χ2n) is 9.57. The van der Waals surface area contributed by atoms with Gasteiger partial charge in [-0.25, -0.2) is 0 Å². The molecule has 0 bridgehead atoms. The molecule has 2 aliphatic heterocycles. The van der Waals surface area contributed by atoms with E-state index in [-0.39, 0.29) is 48.9 Å². The molecular weight excluding hydrogens is 448 g/mol. The number of aliphatic hydroxyl groups is 1. The molecule has 1 aliphatic carbocycles. The molecule has 186 valence electrons. The third kappa shape index (κ3) is 4.99. The highest BCUT2D eigenvalue weighted by molar-refractivity contribution is 5.93. The summed E-state index contributed by atoms with van der Waals surface area (Å²) in [5, 5.41) is 15.9. The number of carbonyl (C=O) groups is 2. The maximum absolute atomic E-state index is 12.7. The molecular formula is C27H32N2O6. The Morgan fingerprint density at radius 2 is 2.00 bits per heavy atom. The zero-order valence-electron chi connectivity index (χ0n) is 19.9. The summed E-state index contributed by atoms with van der Waals surface area (Å²) in [6, 6.07) is 13.2. The highest BCUT2D eigenvalue weighted by atomic mass is 16.6. The number of hydrogen-bond acceptors (Lipinski definition) is 6. The zero-order chi connectivity index (χ0) is 24.4. The lowest BCUT2D eigenvalue weighted by molar-refractivity contribution is -0.142. The van der Waals surface area contributed by atoms with Crippen LogP contribution in [0.25, 0.3) is 0 Å². The molecule has 3 aliphatic rings. The van der Waals surface area contributed by atoms with E-state index < -0.39 is 6.10 Å². The SMILES string of the molecule is COc1ccccc1CNC(=O)C[C@H]1C[C@@H]2c3cc(NC(=O)C4CCC4)ccc3O[C@@H]2[C@H](CO)O1. The van der Waals surface area contributed by atoms with Crippen LogP contribution in [-0.2, 0) is 20.9 Å². The van der Waals surface area contributed by atoms with E-state index in [9.17, 15) is 14.7 Å². The number of carbonyl (C=O) groups excluding carboxylic acids is 2. The van der Waals surface area contributed by atoms with Gasteiger partial charge in [-0.05, 0) is 43.5 Å². The van der Waals surface area contributed by atoms with E-state index in [0.717, 1.165) is 47.6 Å². The van der Waals surface area contributed by atoms with Crippen molar-refractivity contribution in [3.63, 3.8) is 0 Å². The minimum atomic E-state index is -0.527. The van der Waals surface area contributed by atoms with Gasteiger partial charge in [0.05, 0.1) is 26.2 Å². The summed E-state index contributed by atoms with van der Waals surface area (Å²) in [6.45, 7) is 0.167. The van der Waals surface area contributed by atoms with Crippen LogP contribution in [-0.4, -0.2) is 48.9 Å². The van der Waals surface area contributed by atoms with E-state index in [2.05, 4.69) is 10.6 Å². The first-order valence-corrected chi connectivity index (χ1v) is 12.3. The highest BCUT2D eigenvalue weighted by Crippen LogP contribution is 2.47. The fraction of sp³-hybridized carbons (Fsp3) is 0.481. The normalized spacial score (nSPS) is 25.0. The van der Waals surface area contributed by atoms with Crippen molar-refractivity contribution in [3.05, 3.63) is 53.6 Å². The molecule has 5 rings (SSSR count). The average molecular weight is 481 g/mol. The number of rotatable bonds is 8. The fourth-order valence-corrected chi connectivity index (χ4v) is 5.20. The molecule has 0 aromatic heterocycles. The Bertz CT molecular complexity index is 1090. The number of para-hydroxylation sites is 1. The van der Waals surface area contributed by atoms with E-state index in [1.165, 1.54) is 0 Å². The molecule has 3 N–H and O–H groups in total. The molecule has 2 fully saturated rings. The molecule has 35 heavy (non-hydrogen) atoms. The maximum atomic E-state index is 12.7. The van der Waals surface area contributed by atoms with Crippen LogP contribution in [0.3, 0.4) is 0 Å². The Hall–Kier alpha value is -3.10. The number of methoxy groups -OCH3 is 1. The van der Waals surface area contributed by atoms with Gasteiger partial charge < -0.3 is 30.0 Å². The third-order valence-corrected chi connectivity index (χ3v) is 7.32. The predicted octanol–water partition coefficient (Wildman–Crippen LogP) is 3.13. The number of ether oxygens (including phenoxy) is 3. The third-order valence-electron chi connectivity index (χ3n) is 7.32. The summed E-state index contributed by atoms with van der Waals surface area (Å²) < 4.78 is 17.5. The smallest absolute Gasteiger partial charge is 0.227 e. The molecule has 2 heterocycles. The molecule has 8 heteroatoms. The van der Waals surface area contributed by atoms with Gasteiger partial charge in [-0.2, -0.15) is 0 Å². The molecule has 2 amide bonds. The van der Waals surface area contributed by atoms with Crippen LogP contribution in [0.15, 0.2) is 42.5 Å². The van der Waals surface area contributed by atoms with E-state index in [1.807, 2.05) is 42.5 Å². The Balaban J connectivity index is 1.24. The van der Waals surface area contributed by atoms with Crippen molar-refractivity contribution in [2.75, 3.05) is 19.0 Å². The number of nitrogens with one attached hydrogen (secondary N) is 2. The molecule has 4 atom stereocenters. The highest BCUT2D eigenvalue weighted by Gasteiger charge is 2.46. The molecule has 1 saturated heterocycles. The molecule has 0 unspecified atom stereocenters. The monoisotopic (exact) mass is 480 g/mol. The minimum absolute atomic E-state index is 0.0246. The van der Waals surface area contributed by atoms with Crippen LogP contribution in [0.1, 0.15) is 49.1 Å². The summed E-state index contributed by atoms with van der Waals surface area (Å²) in [5.41, 5.74) is 2.64. The van der Waals surface area contributed by atoms with Crippen LogP contribution in [0.2, 0.25) is 0 Å². The summed E-state index contributed by atoms with van der Waals surface area (Å²) in [6.07, 6.45) is 2.58. The fourth-order valence-electron chi connectivity index (χ4n) is 5.20. The van der Waals surface area contributed by atoms with Crippen molar-refractivity contribution < 1.29 is 28.9 Å². The predicted molar refractivity (Wildman–Crippen MR) is 129 cm³/mol. The first-order chi connectivity index (χ1) is 17.1. The van der Waals surface area contributed by atoms with E-state index in [4.69, 9.17) is 14.2 Å². The number of anilines is 1. The first kappa shape index (κ1) is 23.6. The summed E-state index contributed by atoms with van der Waals surface area (Å²) >= 11 is 0. The van der Waals surface area contributed by atoms with Crippen molar-refractivity contribution in [2.45, 2.75) is 62.9 Å². The Kier molecular flexibility index (Phi) is 6.92. The van der Waals surface area contributed by atoms with Crippen molar-refractivity contribution in [2.24, 2.45) is 5.92 Å². The maximum Gasteiger partial charge on any atom is 0.227 e. The summed E-state index contributed by atoms with van der Waals surface area (Å²) in [5.74, 6) is 1.49. The topological polar surface area (TPSA) is 106 Å². The van der Waals surface area contributed by atoms with Crippen molar-refractivity contribution >= 4 is 17.5 Å². The van der Waals surface area contributed by atoms with Crippen molar-refractivity contribution in [1.29, 1.82) is 0 Å². The van der Waals surface area contributed by atoms with E-state index >= 15 is 0 Å². The van der Waals surface area contributed by atoms with Crippen LogP contribution in [0.4, 0.5) is 5.69 Å². The standard InChI is InChI=1S/C27H32N2O6/c1-33-22-8-3-2-5-17(22)14-28-25(31)13-19-12-21-20-11-18(29-27(32)16-6-4-7-16)9-10-23(20)35-26(21)24(15-30)34-19/h2-3,5,8-11,16,19,21,24,26,30H,4,6-7,12-15H2,1H3,(H,28,31)(H,29,32)/t19-,21-,24+,26+/m1/s1. The Labute approximate surface area is 205 Å². The Morgan fingerprint density at radius 1 is 1.17 bits per heavy atom. The van der Waals surface area contributed by atoms with E-state index in [1.54, 1.807) is 7.11 Å². The first-order valence-electron chi connectivity index (χ1n) is 12.3. The number of amides is 2. The zero-order valence-corrected chi connectivity index (χ0v) is 19.9. The van der Waals surface area contributed by atoms with Gasteiger partial charge in [0.2, 0.25) is 11.8 Å². The second-order valence-corrected chi connectivity index (χ2v) is 9.57. The summed E-state index contributed by atoms with van der Waals surface area (Å²) in [4.78, 5) is 25.1. The number of fused-ring (bicyclic) bond motifs is 3. The lowest BCUT2D eigenvalue weighted by Crippen LogP contribution is -2.47. The van der Waals surface area contributed by atoms with Gasteiger partial charge in [-0.3, -0.25) is 9.59 Å². The van der Waals surface area contributed by atoms with Gasteiger partial charge in [-0.15, -0.1) is 0 Å². The minimum Gasteiger partial charge on any atom is -0.496 e. The van der Waals surface area contributed by atoms with Gasteiger partial charge in [0, 0.05) is 35.2 Å². The number of hydrogen-bond donors (Lipinski definition) is 3. The van der Waals surface area contributed by atoms with Gasteiger partial charge in [0.25, 0.3) is 0 Å². The Morgan fingerprint density at radius 3 is 2.74 bits per heavy atom. The van der Waals surface area contributed by atoms with Crippen molar-refractivity contribution in [3.8, 4) is 11.5 Å². The van der Waals surface area contributed by atoms with Crippen LogP contribution < -0.4 is 20.1 Å². The molecule has 2 aromatic carbocycles. The lowest BCUT2D eigenvalue weighted by atomic mass is 9.83. The number of aliphatic hydroxyl groups excluding tert-OH is 1. The molecule has 1 saturated carbocycles. The molecule has 0 radical (unpaired) electrons. The quantitative estimate of drug-likeness (QED) is 0.536. The molecule has 8 nitrogen and oxygen atoms in total. The molecule has 0 spiro atoms. The van der Waals surface area contributed by atoms with Crippen LogP contribution in [0.5, 0.6) is 11.5 Å². The van der Waals surface area contributed by atoms with Gasteiger partial charge in [0.1, 0.15) is 23.7 Å². The molecule has 2 aromatic rings.